The zero-order valence-electron chi connectivity index (χ0n) is 51.1. The van der Waals surface area contributed by atoms with Gasteiger partial charge in [0.05, 0.1) is 0 Å². The molecule has 0 spiro atoms. The molecule has 2 atom stereocenters. The molecule has 0 saturated carbocycles. The maximum Gasteiger partial charge on any atom is 0.247 e. The minimum absolute atomic E-state index is 0.0108. The third kappa shape index (κ3) is 18.2. The molecule has 4 heterocycles. The predicted octanol–water partition coefficient (Wildman–Crippen LogP) is 15.4. The summed E-state index contributed by atoms with van der Waals surface area (Å²) in [6.45, 7) is 42.7. The van der Waals surface area contributed by atoms with Gasteiger partial charge < -0.3 is 20.4 Å². The molecule has 2 aliphatic rings. The van der Waals surface area contributed by atoms with Crippen molar-refractivity contribution in [3.05, 3.63) is 0 Å². The maximum atomic E-state index is 5.31. The molecule has 74 heavy (non-hydrogen) atoms. The second kappa shape index (κ2) is 31.2. The first-order chi connectivity index (χ1) is 35.4. The van der Waals surface area contributed by atoms with E-state index in [1.54, 1.807) is 0 Å². The minimum Gasteiger partial charge on any atom is -0.354 e. The van der Waals surface area contributed by atoms with Crippen LogP contribution >= 0.6 is 0 Å². The summed E-state index contributed by atoms with van der Waals surface area (Å²) in [5, 5.41) is 17.8. The number of hydrogen-bond donors (Lipinski definition) is 2. The van der Waals surface area contributed by atoms with Crippen molar-refractivity contribution < 1.29 is 0 Å². The summed E-state index contributed by atoms with van der Waals surface area (Å²) >= 11 is 0. The van der Waals surface area contributed by atoms with Crippen LogP contribution in [0, 0.1) is 0 Å². The Kier molecular flexibility index (Phi) is 26.7. The van der Waals surface area contributed by atoms with Crippen molar-refractivity contribution in [3.63, 3.8) is 0 Å². The summed E-state index contributed by atoms with van der Waals surface area (Å²) in [5.74, 6) is 4.60. The number of nitrogens with zero attached hydrogens (tertiary/aromatic N) is 12. The third-order valence-corrected chi connectivity index (χ3v) is 16.5. The van der Waals surface area contributed by atoms with Crippen molar-refractivity contribution in [1.29, 1.82) is 0 Å². The molecular weight excluding hydrogens is 917 g/mol. The number of piperidine rings is 2. The number of hydrogen-bond acceptors (Lipinski definition) is 14. The highest BCUT2D eigenvalue weighted by atomic mass is 15.7. The van der Waals surface area contributed by atoms with Crippen molar-refractivity contribution in [3.8, 4) is 0 Å². The SMILES string of the molecule is CCCCC(CCC)N(c1nc(NCCCCCCCCCCCCNc2nc(N(CC)CC)nc(N(C(CCC)CCCC)N3C(C)(C)CCCC3(C)C)n2)nc(N(CC)CC)n1)N1C(C)(C)CCCC1(C)C. The number of rotatable bonds is 37. The number of anilines is 6. The molecule has 2 N–H and O–H groups in total. The van der Waals surface area contributed by atoms with E-state index in [1.165, 1.54) is 89.9 Å². The lowest BCUT2D eigenvalue weighted by Gasteiger charge is -2.58. The van der Waals surface area contributed by atoms with Gasteiger partial charge in [-0.15, -0.1) is 0 Å². The number of nitrogens with one attached hydrogen (secondary N) is 2. The molecule has 0 radical (unpaired) electrons. The van der Waals surface area contributed by atoms with Crippen LogP contribution in [0.1, 0.15) is 278 Å². The van der Waals surface area contributed by atoms with Crippen LogP contribution in [-0.2, 0) is 0 Å². The minimum atomic E-state index is -0.0108. The maximum absolute atomic E-state index is 5.31. The number of unbranched alkanes of at least 4 members (excludes halogenated alkanes) is 11. The molecule has 0 bridgehead atoms. The van der Waals surface area contributed by atoms with E-state index in [-0.39, 0.29) is 22.2 Å². The van der Waals surface area contributed by atoms with Crippen LogP contribution < -0.4 is 30.5 Å². The molecule has 2 fully saturated rings. The van der Waals surface area contributed by atoms with Gasteiger partial charge in [-0.2, -0.15) is 29.9 Å². The Balaban J connectivity index is 1.31. The first-order valence-electron chi connectivity index (χ1n) is 31.1. The van der Waals surface area contributed by atoms with Crippen LogP contribution in [-0.4, -0.2) is 113 Å². The van der Waals surface area contributed by atoms with E-state index in [0.717, 1.165) is 140 Å². The summed E-state index contributed by atoms with van der Waals surface area (Å²) in [6, 6.07) is 0.672. The summed E-state index contributed by atoms with van der Waals surface area (Å²) in [5.41, 5.74) is -0.0432. The Morgan fingerprint density at radius 2 is 0.676 bits per heavy atom. The molecule has 2 unspecified atom stereocenters. The quantitative estimate of drug-likeness (QED) is 0.0625. The van der Waals surface area contributed by atoms with Gasteiger partial charge in [0, 0.05) is 73.5 Å². The van der Waals surface area contributed by atoms with Crippen LogP contribution in [0.3, 0.4) is 0 Å². The number of hydrazine groups is 2. The van der Waals surface area contributed by atoms with Crippen molar-refractivity contribution in [2.24, 2.45) is 0 Å². The van der Waals surface area contributed by atoms with Crippen molar-refractivity contribution in [2.75, 3.05) is 69.7 Å². The highest BCUT2D eigenvalue weighted by Crippen LogP contribution is 2.44. The van der Waals surface area contributed by atoms with Crippen molar-refractivity contribution in [1.82, 2.24) is 39.9 Å². The molecule has 0 amide bonds. The second-order valence-electron chi connectivity index (χ2n) is 24.7. The van der Waals surface area contributed by atoms with Crippen LogP contribution in [0.15, 0.2) is 0 Å². The first-order valence-corrected chi connectivity index (χ1v) is 31.1. The lowest BCUT2D eigenvalue weighted by Crippen LogP contribution is -2.68. The van der Waals surface area contributed by atoms with Gasteiger partial charge in [0.25, 0.3) is 0 Å². The molecule has 0 aliphatic carbocycles. The van der Waals surface area contributed by atoms with Gasteiger partial charge in [0.15, 0.2) is 0 Å². The highest BCUT2D eigenvalue weighted by Gasteiger charge is 2.49. The average Bonchev–Trinajstić information content (AvgIpc) is 3.34. The largest absolute Gasteiger partial charge is 0.354 e. The molecular formula is C60H116N14. The fourth-order valence-corrected chi connectivity index (χ4v) is 12.7. The summed E-state index contributed by atoms with van der Waals surface area (Å²) in [7, 11) is 0. The van der Waals surface area contributed by atoms with Gasteiger partial charge in [0.2, 0.25) is 35.7 Å². The predicted molar refractivity (Wildman–Crippen MR) is 319 cm³/mol. The van der Waals surface area contributed by atoms with Gasteiger partial charge in [-0.3, -0.25) is 10.0 Å². The van der Waals surface area contributed by atoms with E-state index in [0.29, 0.717) is 24.0 Å². The summed E-state index contributed by atoms with van der Waals surface area (Å²) < 4.78 is 0. The van der Waals surface area contributed by atoms with Gasteiger partial charge in [-0.25, -0.2) is 10.0 Å². The lowest BCUT2D eigenvalue weighted by molar-refractivity contribution is -0.0484. The molecule has 2 aromatic rings. The second-order valence-corrected chi connectivity index (χ2v) is 24.7. The van der Waals surface area contributed by atoms with Gasteiger partial charge >= 0.3 is 0 Å². The van der Waals surface area contributed by atoms with E-state index >= 15 is 0 Å². The molecule has 4 rings (SSSR count). The Morgan fingerprint density at radius 1 is 0.378 bits per heavy atom. The Hall–Kier alpha value is -3.26. The van der Waals surface area contributed by atoms with E-state index in [9.17, 15) is 0 Å². The van der Waals surface area contributed by atoms with E-state index < -0.39 is 0 Å². The molecule has 2 aromatic heterocycles. The lowest BCUT2D eigenvalue weighted by atomic mass is 9.81. The van der Waals surface area contributed by atoms with E-state index in [2.05, 4.69) is 151 Å². The fourth-order valence-electron chi connectivity index (χ4n) is 12.7. The highest BCUT2D eigenvalue weighted by molar-refractivity contribution is 5.47. The standard InChI is InChI=1S/C60H116N14/c1-17-25-41-49(39-19-3)71(73-57(9,10)43-37-44-58(73,11)12)55-65-51(63-53(67-55)69(21-5)22-6)61-47-35-33-31-29-27-28-30-32-34-36-48-62-52-64-54(70(23-7)24-8)68-56(66-52)72(50(40-20-4)42-26-18-2)74-59(13,14)45-38-46-60(74,15)16/h49-50H,17-48H2,1-16H3,(H,61,63,65,67)(H,62,64,66,68). The molecule has 426 valence electrons. The van der Waals surface area contributed by atoms with Crippen molar-refractivity contribution in [2.45, 2.75) is 312 Å². The van der Waals surface area contributed by atoms with Crippen LogP contribution in [0.25, 0.3) is 0 Å². The first kappa shape index (κ1) is 63.3. The smallest absolute Gasteiger partial charge is 0.247 e. The van der Waals surface area contributed by atoms with Crippen LogP contribution in [0.4, 0.5) is 35.7 Å². The van der Waals surface area contributed by atoms with Gasteiger partial charge in [-0.05, 0) is 160 Å². The third-order valence-electron chi connectivity index (χ3n) is 16.5. The summed E-state index contributed by atoms with van der Waals surface area (Å²) in [6.07, 6.45) is 31.1. The topological polar surface area (TPSA) is 121 Å². The fraction of sp³-hybridized carbons (Fsp3) is 0.900. The van der Waals surface area contributed by atoms with Crippen LogP contribution in [0.2, 0.25) is 0 Å². The average molecular weight is 1030 g/mol. The molecule has 2 aliphatic heterocycles. The molecule has 14 heteroatoms. The molecule has 14 nitrogen and oxygen atoms in total. The van der Waals surface area contributed by atoms with Gasteiger partial charge in [0.1, 0.15) is 0 Å². The Labute approximate surface area is 455 Å². The Morgan fingerprint density at radius 3 is 0.959 bits per heavy atom. The zero-order valence-corrected chi connectivity index (χ0v) is 51.1. The normalized spacial score (nSPS) is 18.2. The van der Waals surface area contributed by atoms with Crippen molar-refractivity contribution >= 4 is 35.7 Å². The Bertz CT molecular complexity index is 1680. The van der Waals surface area contributed by atoms with E-state index in [4.69, 9.17) is 29.9 Å². The molecule has 2 saturated heterocycles. The van der Waals surface area contributed by atoms with Gasteiger partial charge in [-0.1, -0.05) is 118 Å². The van der Waals surface area contributed by atoms with E-state index in [1.807, 2.05) is 0 Å². The zero-order chi connectivity index (χ0) is 54.4. The number of aromatic nitrogens is 6. The summed E-state index contributed by atoms with van der Waals surface area (Å²) in [4.78, 5) is 35.9. The monoisotopic (exact) mass is 1030 g/mol. The van der Waals surface area contributed by atoms with Crippen LogP contribution in [0.5, 0.6) is 0 Å². The molecule has 0 aromatic carbocycles.